The topological polar surface area (TPSA) is 114 Å². The minimum absolute atomic E-state index is 0.172. The van der Waals surface area contributed by atoms with Crippen molar-refractivity contribution in [2.24, 2.45) is 10.9 Å². The van der Waals surface area contributed by atoms with Gasteiger partial charge < -0.3 is 21.0 Å². The molecule has 3 aromatic rings. The van der Waals surface area contributed by atoms with Crippen LogP contribution in [0.3, 0.4) is 0 Å². The molecule has 1 amide bonds. The van der Waals surface area contributed by atoms with Crippen LogP contribution < -0.4 is 15.9 Å². The van der Waals surface area contributed by atoms with Crippen molar-refractivity contribution < 1.29 is 19.4 Å². The van der Waals surface area contributed by atoms with Crippen molar-refractivity contribution in [2.75, 3.05) is 0 Å². The van der Waals surface area contributed by atoms with Crippen LogP contribution in [0.2, 0.25) is 0 Å². The van der Waals surface area contributed by atoms with Crippen LogP contribution in [0.5, 0.6) is 11.5 Å². The number of nitrogens with two attached hydrogens (primary N) is 1. The van der Waals surface area contributed by atoms with Crippen molar-refractivity contribution in [2.45, 2.75) is 38.1 Å². The lowest BCUT2D eigenvalue weighted by Crippen LogP contribution is -2.42. The SMILES string of the molecule is NN=Cc1ccc(CCCCC(=O)NC(Cc2cccc(Oc3ccccc3)c2)C(=O)O)cc1. The highest BCUT2D eigenvalue weighted by Crippen LogP contribution is 2.22. The molecule has 0 spiro atoms. The smallest absolute Gasteiger partial charge is 0.326 e. The molecule has 7 nitrogen and oxygen atoms in total. The first kappa shape index (κ1) is 24.5. The number of hydrazone groups is 1. The lowest BCUT2D eigenvalue weighted by Gasteiger charge is -2.15. The van der Waals surface area contributed by atoms with Crippen molar-refractivity contribution in [1.82, 2.24) is 5.32 Å². The van der Waals surface area contributed by atoms with Crippen molar-refractivity contribution in [3.05, 3.63) is 95.6 Å². The maximum Gasteiger partial charge on any atom is 0.326 e. The molecule has 0 aliphatic heterocycles. The van der Waals surface area contributed by atoms with E-state index in [0.717, 1.165) is 29.5 Å². The summed E-state index contributed by atoms with van der Waals surface area (Å²) in [7, 11) is 0. The molecule has 4 N–H and O–H groups in total. The average molecular weight is 460 g/mol. The Labute approximate surface area is 199 Å². The molecule has 176 valence electrons. The van der Waals surface area contributed by atoms with Gasteiger partial charge in [0.25, 0.3) is 0 Å². The summed E-state index contributed by atoms with van der Waals surface area (Å²) in [4.78, 5) is 24.1. The third-order valence-corrected chi connectivity index (χ3v) is 5.27. The van der Waals surface area contributed by atoms with E-state index in [4.69, 9.17) is 10.6 Å². The van der Waals surface area contributed by atoms with Crippen LogP contribution in [0.1, 0.15) is 36.0 Å². The predicted octanol–water partition coefficient (Wildman–Crippen LogP) is 4.30. The molecule has 7 heteroatoms. The first-order chi connectivity index (χ1) is 16.5. The Morgan fingerprint density at radius 3 is 2.38 bits per heavy atom. The van der Waals surface area contributed by atoms with E-state index in [1.54, 1.807) is 12.3 Å². The molecule has 0 heterocycles. The van der Waals surface area contributed by atoms with Gasteiger partial charge in [-0.2, -0.15) is 5.10 Å². The normalized spacial score (nSPS) is 11.8. The second-order valence-corrected chi connectivity index (χ2v) is 7.95. The zero-order chi connectivity index (χ0) is 24.2. The number of para-hydroxylation sites is 1. The van der Waals surface area contributed by atoms with Gasteiger partial charge in [0.1, 0.15) is 17.5 Å². The summed E-state index contributed by atoms with van der Waals surface area (Å²) in [6, 6.07) is 23.5. The van der Waals surface area contributed by atoms with E-state index in [2.05, 4.69) is 10.4 Å². The second kappa shape index (κ2) is 12.8. The monoisotopic (exact) mass is 459 g/mol. The van der Waals surface area contributed by atoms with E-state index in [1.165, 1.54) is 0 Å². The van der Waals surface area contributed by atoms with Crippen molar-refractivity contribution in [3.8, 4) is 11.5 Å². The minimum Gasteiger partial charge on any atom is -0.480 e. The maximum atomic E-state index is 12.4. The van der Waals surface area contributed by atoms with Crippen LogP contribution in [0.15, 0.2) is 84.0 Å². The molecule has 34 heavy (non-hydrogen) atoms. The van der Waals surface area contributed by atoms with E-state index < -0.39 is 12.0 Å². The van der Waals surface area contributed by atoms with Crippen LogP contribution in [0.25, 0.3) is 0 Å². The highest BCUT2D eigenvalue weighted by atomic mass is 16.5. The summed E-state index contributed by atoms with van der Waals surface area (Å²) in [5.41, 5.74) is 2.86. The molecule has 0 saturated carbocycles. The zero-order valence-electron chi connectivity index (χ0n) is 18.9. The van der Waals surface area contributed by atoms with Crippen molar-refractivity contribution >= 4 is 18.1 Å². The molecular formula is C27H29N3O4. The predicted molar refractivity (Wildman–Crippen MR) is 132 cm³/mol. The number of benzene rings is 3. The first-order valence-corrected chi connectivity index (χ1v) is 11.2. The van der Waals surface area contributed by atoms with Gasteiger partial charge in [-0.15, -0.1) is 0 Å². The Kier molecular flexibility index (Phi) is 9.22. The molecule has 0 aliphatic rings. The Morgan fingerprint density at radius 2 is 1.68 bits per heavy atom. The first-order valence-electron chi connectivity index (χ1n) is 11.2. The van der Waals surface area contributed by atoms with Gasteiger partial charge in [0.15, 0.2) is 0 Å². The lowest BCUT2D eigenvalue weighted by molar-refractivity contribution is -0.141. The summed E-state index contributed by atoms with van der Waals surface area (Å²) in [6.45, 7) is 0. The van der Waals surface area contributed by atoms with Gasteiger partial charge in [0.05, 0.1) is 6.21 Å². The maximum absolute atomic E-state index is 12.4. The summed E-state index contributed by atoms with van der Waals surface area (Å²) >= 11 is 0. The lowest BCUT2D eigenvalue weighted by atomic mass is 10.0. The zero-order valence-corrected chi connectivity index (χ0v) is 18.9. The van der Waals surface area contributed by atoms with Crippen LogP contribution in [-0.2, 0) is 22.4 Å². The molecule has 1 atom stereocenters. The summed E-state index contributed by atoms with van der Waals surface area (Å²) in [5.74, 6) is 5.13. The number of carbonyl (C=O) groups is 2. The van der Waals surface area contributed by atoms with Gasteiger partial charge in [-0.3, -0.25) is 4.79 Å². The van der Waals surface area contributed by atoms with Gasteiger partial charge in [0.2, 0.25) is 5.91 Å². The number of hydrogen-bond donors (Lipinski definition) is 3. The summed E-state index contributed by atoms with van der Waals surface area (Å²) in [5, 5.41) is 15.8. The number of nitrogens with zero attached hydrogens (tertiary/aromatic N) is 1. The van der Waals surface area contributed by atoms with E-state index in [-0.39, 0.29) is 18.7 Å². The minimum atomic E-state index is -1.07. The highest BCUT2D eigenvalue weighted by molar-refractivity contribution is 5.83. The van der Waals surface area contributed by atoms with Gasteiger partial charge in [-0.25, -0.2) is 4.79 Å². The number of amides is 1. The molecule has 1 unspecified atom stereocenters. The number of rotatable bonds is 12. The Balaban J connectivity index is 1.46. The molecule has 0 fully saturated rings. The number of carboxylic acids is 1. The number of nitrogens with one attached hydrogen (secondary N) is 1. The Morgan fingerprint density at radius 1 is 0.941 bits per heavy atom. The molecule has 3 rings (SSSR count). The Bertz CT molecular complexity index is 1100. The van der Waals surface area contributed by atoms with Crippen molar-refractivity contribution in [1.29, 1.82) is 0 Å². The number of aryl methyl sites for hydroxylation is 1. The van der Waals surface area contributed by atoms with Crippen LogP contribution >= 0.6 is 0 Å². The van der Waals surface area contributed by atoms with Crippen LogP contribution in [0.4, 0.5) is 0 Å². The number of carbonyl (C=O) groups excluding carboxylic acids is 1. The van der Waals surface area contributed by atoms with Crippen LogP contribution in [-0.4, -0.2) is 29.2 Å². The number of unbranched alkanes of at least 4 members (excludes halogenated alkanes) is 1. The van der Waals surface area contributed by atoms with Crippen molar-refractivity contribution in [3.63, 3.8) is 0 Å². The molecule has 0 saturated heterocycles. The van der Waals surface area contributed by atoms with Crippen LogP contribution in [0, 0.1) is 0 Å². The highest BCUT2D eigenvalue weighted by Gasteiger charge is 2.20. The third kappa shape index (κ3) is 8.09. The molecule has 3 aromatic carbocycles. The number of carboxylic acid groups (broad SMARTS) is 1. The van der Waals surface area contributed by atoms with Gasteiger partial charge in [-0.05, 0) is 60.2 Å². The van der Waals surface area contributed by atoms with Gasteiger partial charge >= 0.3 is 5.97 Å². The number of hydrogen-bond acceptors (Lipinski definition) is 5. The fourth-order valence-corrected chi connectivity index (χ4v) is 3.53. The second-order valence-electron chi connectivity index (χ2n) is 7.95. The average Bonchev–Trinajstić information content (AvgIpc) is 2.83. The Hall–Kier alpha value is -4.13. The van der Waals surface area contributed by atoms with E-state index in [0.29, 0.717) is 17.9 Å². The molecule has 0 bridgehead atoms. The largest absolute Gasteiger partial charge is 0.480 e. The van der Waals surface area contributed by atoms with Gasteiger partial charge in [0, 0.05) is 12.8 Å². The number of ether oxygens (including phenoxy) is 1. The molecular weight excluding hydrogens is 430 g/mol. The fourth-order valence-electron chi connectivity index (χ4n) is 3.53. The van der Waals surface area contributed by atoms with Gasteiger partial charge in [-0.1, -0.05) is 54.6 Å². The molecule has 0 aliphatic carbocycles. The summed E-state index contributed by atoms with van der Waals surface area (Å²) < 4.78 is 5.82. The standard InChI is InChI=1S/C27H29N3O4/c28-29-19-21-15-13-20(14-16-21)7-4-5-12-26(31)30-25(27(32)33)18-22-8-6-11-24(17-22)34-23-9-2-1-3-10-23/h1-3,6,8-11,13-17,19,25H,4-5,7,12,18,28H2,(H,30,31)(H,32,33). The molecule has 0 radical (unpaired) electrons. The molecule has 0 aromatic heterocycles. The quantitative estimate of drug-likeness (QED) is 0.162. The van der Waals surface area contributed by atoms with E-state index in [1.807, 2.05) is 72.8 Å². The van der Waals surface area contributed by atoms with E-state index in [9.17, 15) is 14.7 Å². The summed E-state index contributed by atoms with van der Waals surface area (Å²) in [6.07, 6.45) is 4.37. The fraction of sp³-hybridized carbons (Fsp3) is 0.222. The van der Waals surface area contributed by atoms with E-state index >= 15 is 0 Å². The number of aliphatic carboxylic acids is 1. The third-order valence-electron chi connectivity index (χ3n) is 5.27.